The van der Waals surface area contributed by atoms with Crippen LogP contribution in [0.5, 0.6) is 0 Å². The summed E-state index contributed by atoms with van der Waals surface area (Å²) in [5, 5.41) is 6.99. The second kappa shape index (κ2) is 8.53. The zero-order chi connectivity index (χ0) is 15.8. The van der Waals surface area contributed by atoms with Gasteiger partial charge in [-0.3, -0.25) is 0 Å². The largest absolute Gasteiger partial charge is 0.309 e. The van der Waals surface area contributed by atoms with E-state index in [4.69, 9.17) is 5.41 Å². The fourth-order valence-electron chi connectivity index (χ4n) is 3.00. The molecule has 0 fully saturated rings. The van der Waals surface area contributed by atoms with Gasteiger partial charge in [-0.15, -0.1) is 0 Å². The van der Waals surface area contributed by atoms with Crippen molar-refractivity contribution in [1.29, 1.82) is 5.41 Å². The summed E-state index contributed by atoms with van der Waals surface area (Å²) >= 11 is 0. The second-order valence-electron chi connectivity index (χ2n) is 6.29. The minimum absolute atomic E-state index is 0.522. The molecule has 0 aromatic carbocycles. The smallest absolute Gasteiger partial charge is 0.0174 e. The Morgan fingerprint density at radius 1 is 1.32 bits per heavy atom. The van der Waals surface area contributed by atoms with Crippen LogP contribution in [0.3, 0.4) is 0 Å². The van der Waals surface area contributed by atoms with Gasteiger partial charge in [-0.25, -0.2) is 0 Å². The van der Waals surface area contributed by atoms with Crippen LogP contribution in [-0.2, 0) is 0 Å². The van der Waals surface area contributed by atoms with E-state index >= 15 is 0 Å². The molecule has 1 heteroatoms. The summed E-state index contributed by atoms with van der Waals surface area (Å²) in [4.78, 5) is 0. The molecule has 0 aromatic heterocycles. The van der Waals surface area contributed by atoms with Gasteiger partial charge in [0.05, 0.1) is 0 Å². The van der Waals surface area contributed by atoms with Crippen molar-refractivity contribution in [2.75, 3.05) is 0 Å². The maximum atomic E-state index is 6.99. The minimum atomic E-state index is 0.522. The molecule has 0 spiro atoms. The molecule has 116 valence electrons. The van der Waals surface area contributed by atoms with Gasteiger partial charge in [-0.05, 0) is 48.3 Å². The zero-order valence-electron chi connectivity index (χ0n) is 13.7. The molecular weight excluding hydrogens is 266 g/mol. The molecule has 2 atom stereocenters. The Bertz CT molecular complexity index is 552. The van der Waals surface area contributed by atoms with Crippen LogP contribution in [0.25, 0.3) is 0 Å². The summed E-state index contributed by atoms with van der Waals surface area (Å²) in [6.45, 7) is 4.46. The Morgan fingerprint density at radius 2 is 2.18 bits per heavy atom. The summed E-state index contributed by atoms with van der Waals surface area (Å²) in [6, 6.07) is 0. The first kappa shape index (κ1) is 16.5. The molecule has 0 amide bonds. The van der Waals surface area contributed by atoms with Gasteiger partial charge in [0.1, 0.15) is 0 Å². The molecule has 2 aliphatic carbocycles. The van der Waals surface area contributed by atoms with Crippen molar-refractivity contribution in [1.82, 2.24) is 0 Å². The van der Waals surface area contributed by atoms with Crippen molar-refractivity contribution in [2.45, 2.75) is 33.1 Å². The lowest BCUT2D eigenvalue weighted by Crippen LogP contribution is -2.19. The first-order chi connectivity index (χ1) is 10.7. The van der Waals surface area contributed by atoms with E-state index in [1.165, 1.54) is 17.4 Å². The van der Waals surface area contributed by atoms with Crippen molar-refractivity contribution >= 4 is 6.21 Å². The first-order valence-electron chi connectivity index (χ1n) is 8.31. The number of allylic oxidation sites excluding steroid dienone is 12. The SMILES string of the molecule is CC(C)C=CC1C=C/C(=C/CC/C=C/C=N)C2=CC=CCC21. The molecule has 2 rings (SSSR count). The van der Waals surface area contributed by atoms with Gasteiger partial charge in [0, 0.05) is 12.1 Å². The van der Waals surface area contributed by atoms with Gasteiger partial charge >= 0.3 is 0 Å². The van der Waals surface area contributed by atoms with Crippen molar-refractivity contribution in [3.63, 3.8) is 0 Å². The van der Waals surface area contributed by atoms with Gasteiger partial charge < -0.3 is 5.41 Å². The van der Waals surface area contributed by atoms with Gasteiger partial charge in [0.25, 0.3) is 0 Å². The quantitative estimate of drug-likeness (QED) is 0.363. The van der Waals surface area contributed by atoms with Crippen molar-refractivity contribution in [2.24, 2.45) is 17.8 Å². The average molecular weight is 293 g/mol. The van der Waals surface area contributed by atoms with Crippen LogP contribution in [0, 0.1) is 23.2 Å². The maximum absolute atomic E-state index is 6.99. The lowest BCUT2D eigenvalue weighted by molar-refractivity contribution is 0.522. The predicted molar refractivity (Wildman–Crippen MR) is 97.2 cm³/mol. The number of unbranched alkanes of at least 4 members (excludes halogenated alkanes) is 1. The third-order valence-electron chi connectivity index (χ3n) is 4.15. The van der Waals surface area contributed by atoms with Crippen LogP contribution in [-0.4, -0.2) is 6.21 Å². The molecule has 0 saturated carbocycles. The fourth-order valence-corrected chi connectivity index (χ4v) is 3.00. The highest BCUT2D eigenvalue weighted by Crippen LogP contribution is 2.39. The highest BCUT2D eigenvalue weighted by atomic mass is 14.3. The normalized spacial score (nSPS) is 26.1. The molecular formula is C21H27N. The molecule has 0 aliphatic heterocycles. The molecule has 1 N–H and O–H groups in total. The molecule has 0 bridgehead atoms. The summed E-state index contributed by atoms with van der Waals surface area (Å²) in [5.74, 6) is 1.72. The molecule has 0 heterocycles. The molecule has 2 unspecified atom stereocenters. The Hall–Kier alpha value is -1.89. The standard InChI is InChI=1S/C21H27N/c1-17(2)12-13-19-15-14-18(9-5-3-4-8-16-22)20-10-6-7-11-21(19)20/h4,6-10,12-17,19,21-22H,3,5,11H2,1-2H3/b8-4+,13-12?,18-9-,22-16?. The predicted octanol–water partition coefficient (Wildman–Crippen LogP) is 5.80. The highest BCUT2D eigenvalue weighted by molar-refractivity contribution is 5.67. The topological polar surface area (TPSA) is 23.9 Å². The summed E-state index contributed by atoms with van der Waals surface area (Å²) in [5.41, 5.74) is 2.87. The number of hydrogen-bond donors (Lipinski definition) is 1. The molecule has 0 aromatic rings. The van der Waals surface area contributed by atoms with Crippen LogP contribution in [0.1, 0.15) is 33.1 Å². The Balaban J connectivity index is 2.12. The Kier molecular flexibility index (Phi) is 6.39. The van der Waals surface area contributed by atoms with Crippen LogP contribution >= 0.6 is 0 Å². The van der Waals surface area contributed by atoms with Crippen LogP contribution in [0.4, 0.5) is 0 Å². The maximum Gasteiger partial charge on any atom is 0.0174 e. The van der Waals surface area contributed by atoms with E-state index in [0.717, 1.165) is 19.3 Å². The summed E-state index contributed by atoms with van der Waals surface area (Å²) < 4.78 is 0. The lowest BCUT2D eigenvalue weighted by Gasteiger charge is -2.31. The fraction of sp³-hybridized carbons (Fsp3) is 0.381. The number of fused-ring (bicyclic) bond motifs is 1. The summed E-state index contributed by atoms with van der Waals surface area (Å²) in [6.07, 6.45) is 26.8. The molecule has 0 saturated heterocycles. The average Bonchev–Trinajstić information content (AvgIpc) is 2.53. The van der Waals surface area contributed by atoms with Crippen molar-refractivity contribution in [3.05, 3.63) is 71.9 Å². The van der Waals surface area contributed by atoms with Gasteiger partial charge in [0.15, 0.2) is 0 Å². The van der Waals surface area contributed by atoms with E-state index in [2.05, 4.69) is 68.5 Å². The number of nitrogens with one attached hydrogen (secondary N) is 1. The molecule has 0 radical (unpaired) electrons. The van der Waals surface area contributed by atoms with E-state index in [1.807, 2.05) is 0 Å². The third-order valence-corrected chi connectivity index (χ3v) is 4.15. The molecule has 2 aliphatic rings. The van der Waals surface area contributed by atoms with Crippen LogP contribution in [0.2, 0.25) is 0 Å². The highest BCUT2D eigenvalue weighted by Gasteiger charge is 2.26. The number of hydrogen-bond acceptors (Lipinski definition) is 1. The van der Waals surface area contributed by atoms with E-state index < -0.39 is 0 Å². The Morgan fingerprint density at radius 3 is 2.95 bits per heavy atom. The van der Waals surface area contributed by atoms with Crippen LogP contribution < -0.4 is 0 Å². The first-order valence-corrected chi connectivity index (χ1v) is 8.31. The third kappa shape index (κ3) is 4.56. The van der Waals surface area contributed by atoms with Crippen molar-refractivity contribution < 1.29 is 0 Å². The Labute approximate surface area is 135 Å². The van der Waals surface area contributed by atoms with Gasteiger partial charge in [-0.1, -0.05) is 68.5 Å². The number of rotatable bonds is 6. The second-order valence-corrected chi connectivity index (χ2v) is 6.29. The van der Waals surface area contributed by atoms with E-state index in [0.29, 0.717) is 17.8 Å². The van der Waals surface area contributed by atoms with Gasteiger partial charge in [-0.2, -0.15) is 0 Å². The monoisotopic (exact) mass is 293 g/mol. The molecule has 1 nitrogen and oxygen atoms in total. The van der Waals surface area contributed by atoms with Gasteiger partial charge in [0.2, 0.25) is 0 Å². The van der Waals surface area contributed by atoms with E-state index in [9.17, 15) is 0 Å². The van der Waals surface area contributed by atoms with Crippen molar-refractivity contribution in [3.8, 4) is 0 Å². The zero-order valence-corrected chi connectivity index (χ0v) is 13.7. The lowest BCUT2D eigenvalue weighted by atomic mass is 9.73. The minimum Gasteiger partial charge on any atom is -0.309 e. The summed E-state index contributed by atoms with van der Waals surface area (Å²) in [7, 11) is 0. The van der Waals surface area contributed by atoms with E-state index in [-0.39, 0.29) is 0 Å². The van der Waals surface area contributed by atoms with E-state index in [1.54, 1.807) is 6.08 Å². The molecule has 22 heavy (non-hydrogen) atoms. The van der Waals surface area contributed by atoms with Crippen LogP contribution in [0.15, 0.2) is 71.9 Å².